The predicted octanol–water partition coefficient (Wildman–Crippen LogP) is 6.24. The number of thioether (sulfide) groups is 1. The number of carbonyl (C=O) groups excluding carboxylic acids is 1. The van der Waals surface area contributed by atoms with Crippen LogP contribution in [0.25, 0.3) is 20.4 Å². The molecule has 5 rings (SSSR count). The summed E-state index contributed by atoms with van der Waals surface area (Å²) in [6.45, 7) is 4.42. The van der Waals surface area contributed by atoms with E-state index in [2.05, 4.69) is 29.1 Å². The second-order valence-electron chi connectivity index (χ2n) is 7.94. The van der Waals surface area contributed by atoms with Crippen LogP contribution in [0.5, 0.6) is 0 Å². The number of halogens is 1. The molecule has 1 amide bonds. The van der Waals surface area contributed by atoms with Gasteiger partial charge in [0, 0.05) is 21.8 Å². The average Bonchev–Trinajstić information content (AvgIpc) is 3.37. The zero-order valence-corrected chi connectivity index (χ0v) is 19.6. The van der Waals surface area contributed by atoms with Gasteiger partial charge in [-0.3, -0.25) is 4.79 Å². The largest absolute Gasteiger partial charge is 0.325 e. The Hall–Kier alpha value is -2.22. The number of hydrogen-bond donors (Lipinski definition) is 1. The number of rotatable bonds is 5. The van der Waals surface area contributed by atoms with Gasteiger partial charge < -0.3 is 5.32 Å². The number of aryl methyl sites for hydroxylation is 1. The van der Waals surface area contributed by atoms with Crippen LogP contribution in [0.15, 0.2) is 35.6 Å². The van der Waals surface area contributed by atoms with Crippen molar-refractivity contribution >= 4 is 66.7 Å². The first kappa shape index (κ1) is 20.7. The molecule has 0 atom stereocenters. The predicted molar refractivity (Wildman–Crippen MR) is 130 cm³/mol. The Labute approximate surface area is 193 Å². The number of hydrogen-bond acceptors (Lipinski definition) is 6. The maximum Gasteiger partial charge on any atom is 0.234 e. The molecule has 0 unspecified atom stereocenters. The summed E-state index contributed by atoms with van der Waals surface area (Å²) in [5.41, 5.74) is 5.74. The monoisotopic (exact) mass is 468 g/mol. The van der Waals surface area contributed by atoms with Gasteiger partial charge in [-0.1, -0.05) is 37.2 Å². The Morgan fingerprint density at radius 1 is 1.19 bits per heavy atom. The number of amides is 1. The molecule has 3 heterocycles. The minimum absolute atomic E-state index is 0.0821. The van der Waals surface area contributed by atoms with E-state index >= 15 is 0 Å². The van der Waals surface area contributed by atoms with Crippen molar-refractivity contribution in [2.24, 2.45) is 0 Å². The summed E-state index contributed by atoms with van der Waals surface area (Å²) in [6.07, 6.45) is 4.95. The molecule has 4 aromatic rings. The van der Waals surface area contributed by atoms with Crippen molar-refractivity contribution in [3.63, 3.8) is 0 Å². The molecule has 158 valence electrons. The van der Waals surface area contributed by atoms with E-state index in [9.17, 15) is 4.79 Å². The molecule has 1 aliphatic carbocycles. The topological polar surface area (TPSA) is 67.8 Å². The second-order valence-corrected chi connectivity index (χ2v) is 10.3. The third kappa shape index (κ3) is 3.90. The van der Waals surface area contributed by atoms with Crippen LogP contribution in [0.4, 0.5) is 5.69 Å². The number of aromatic nitrogens is 3. The Morgan fingerprint density at radius 3 is 2.74 bits per heavy atom. The standard InChI is InChI=1S/C23H21ClN4OS2/c1-12(2)19-16-5-3-4-15(16)18-20-21(31-22(18)28-19)23(26-11-25-20)30-10-17(29)27-14-8-6-13(24)7-9-14/h6-9,11-12H,3-5,10H2,1-2H3,(H,27,29). The Morgan fingerprint density at radius 2 is 1.97 bits per heavy atom. The van der Waals surface area contributed by atoms with Crippen LogP contribution in [0.2, 0.25) is 5.02 Å². The third-order valence-electron chi connectivity index (χ3n) is 5.49. The fourth-order valence-electron chi connectivity index (χ4n) is 4.15. The molecule has 0 fully saturated rings. The Balaban J connectivity index is 1.46. The Bertz CT molecular complexity index is 1300. The molecule has 31 heavy (non-hydrogen) atoms. The number of nitrogens with one attached hydrogen (secondary N) is 1. The molecule has 1 aromatic carbocycles. The molecule has 8 heteroatoms. The normalized spacial score (nSPS) is 13.3. The number of pyridine rings is 1. The van der Waals surface area contributed by atoms with E-state index in [1.54, 1.807) is 41.9 Å². The van der Waals surface area contributed by atoms with Gasteiger partial charge in [-0.2, -0.15) is 0 Å². The highest BCUT2D eigenvalue weighted by atomic mass is 35.5. The summed E-state index contributed by atoms with van der Waals surface area (Å²) in [5, 5.41) is 5.55. The summed E-state index contributed by atoms with van der Waals surface area (Å²) in [5.74, 6) is 0.588. The van der Waals surface area contributed by atoms with Crippen LogP contribution in [0.1, 0.15) is 43.0 Å². The van der Waals surface area contributed by atoms with Gasteiger partial charge in [-0.25, -0.2) is 15.0 Å². The van der Waals surface area contributed by atoms with Gasteiger partial charge in [0.2, 0.25) is 5.91 Å². The summed E-state index contributed by atoms with van der Waals surface area (Å²) in [7, 11) is 0. The summed E-state index contributed by atoms with van der Waals surface area (Å²) >= 11 is 8.98. The molecule has 5 nitrogen and oxygen atoms in total. The van der Waals surface area contributed by atoms with Crippen molar-refractivity contribution in [2.75, 3.05) is 11.1 Å². The second kappa shape index (κ2) is 8.37. The minimum atomic E-state index is -0.0821. The number of anilines is 1. The molecule has 1 N–H and O–H groups in total. The van der Waals surface area contributed by atoms with Gasteiger partial charge in [0.1, 0.15) is 16.2 Å². The highest BCUT2D eigenvalue weighted by molar-refractivity contribution is 8.00. The summed E-state index contributed by atoms with van der Waals surface area (Å²) in [6, 6.07) is 7.09. The van der Waals surface area contributed by atoms with Crippen LogP contribution in [-0.4, -0.2) is 26.6 Å². The van der Waals surface area contributed by atoms with Crippen molar-refractivity contribution in [1.29, 1.82) is 0 Å². The molecule has 0 spiro atoms. The van der Waals surface area contributed by atoms with E-state index in [0.29, 0.717) is 10.9 Å². The van der Waals surface area contributed by atoms with Gasteiger partial charge in [0.05, 0.1) is 16.0 Å². The van der Waals surface area contributed by atoms with E-state index in [1.165, 1.54) is 40.4 Å². The van der Waals surface area contributed by atoms with Crippen LogP contribution in [0.3, 0.4) is 0 Å². The fraction of sp³-hybridized carbons (Fsp3) is 0.304. The maximum atomic E-state index is 12.4. The number of benzene rings is 1. The van der Waals surface area contributed by atoms with E-state index in [-0.39, 0.29) is 11.7 Å². The molecule has 1 aliphatic rings. The van der Waals surface area contributed by atoms with Crippen molar-refractivity contribution < 1.29 is 4.79 Å². The van der Waals surface area contributed by atoms with Gasteiger partial charge in [0.25, 0.3) is 0 Å². The van der Waals surface area contributed by atoms with Crippen molar-refractivity contribution in [3.05, 3.63) is 52.4 Å². The third-order valence-corrected chi connectivity index (χ3v) is 7.94. The number of thiophene rings is 1. The molecule has 0 radical (unpaired) electrons. The molecular formula is C23H21ClN4OS2. The zero-order chi connectivity index (χ0) is 21.5. The quantitative estimate of drug-likeness (QED) is 0.277. The lowest BCUT2D eigenvalue weighted by Gasteiger charge is -2.11. The molecule has 0 saturated carbocycles. The van der Waals surface area contributed by atoms with E-state index in [4.69, 9.17) is 16.6 Å². The van der Waals surface area contributed by atoms with E-state index < -0.39 is 0 Å². The van der Waals surface area contributed by atoms with Gasteiger partial charge in [-0.15, -0.1) is 11.3 Å². The first-order valence-electron chi connectivity index (χ1n) is 10.3. The SMILES string of the molecule is CC(C)c1nc2sc3c(SCC(=O)Nc4ccc(Cl)cc4)ncnc3c2c2c1CCC2. The molecule has 0 saturated heterocycles. The summed E-state index contributed by atoms with van der Waals surface area (Å²) in [4.78, 5) is 27.6. The lowest BCUT2D eigenvalue weighted by Crippen LogP contribution is -2.14. The van der Waals surface area contributed by atoms with Gasteiger partial charge >= 0.3 is 0 Å². The number of nitrogens with zero attached hydrogens (tertiary/aromatic N) is 3. The smallest absolute Gasteiger partial charge is 0.234 e. The van der Waals surface area contributed by atoms with Gasteiger partial charge in [0.15, 0.2) is 0 Å². The minimum Gasteiger partial charge on any atom is -0.325 e. The van der Waals surface area contributed by atoms with Crippen LogP contribution in [-0.2, 0) is 17.6 Å². The van der Waals surface area contributed by atoms with Gasteiger partial charge in [-0.05, 0) is 60.6 Å². The first-order chi connectivity index (χ1) is 15.0. The first-order valence-corrected chi connectivity index (χ1v) is 12.5. The molecule has 3 aromatic heterocycles. The molecule has 0 aliphatic heterocycles. The van der Waals surface area contributed by atoms with Crippen molar-refractivity contribution in [1.82, 2.24) is 15.0 Å². The fourth-order valence-corrected chi connectivity index (χ4v) is 6.32. The molecule has 0 bridgehead atoms. The average molecular weight is 469 g/mol. The zero-order valence-electron chi connectivity index (χ0n) is 17.2. The van der Waals surface area contributed by atoms with Crippen LogP contribution >= 0.6 is 34.7 Å². The maximum absolute atomic E-state index is 12.4. The molecular weight excluding hydrogens is 448 g/mol. The van der Waals surface area contributed by atoms with Crippen LogP contribution in [0, 0.1) is 0 Å². The highest BCUT2D eigenvalue weighted by Crippen LogP contribution is 2.42. The van der Waals surface area contributed by atoms with E-state index in [0.717, 1.165) is 38.6 Å². The number of carbonyl (C=O) groups is 1. The summed E-state index contributed by atoms with van der Waals surface area (Å²) < 4.78 is 1.02. The Kier molecular flexibility index (Phi) is 5.58. The highest BCUT2D eigenvalue weighted by Gasteiger charge is 2.25. The lowest BCUT2D eigenvalue weighted by molar-refractivity contribution is -0.113. The van der Waals surface area contributed by atoms with Crippen molar-refractivity contribution in [3.8, 4) is 0 Å². The van der Waals surface area contributed by atoms with E-state index in [1.807, 2.05) is 0 Å². The van der Waals surface area contributed by atoms with Crippen molar-refractivity contribution in [2.45, 2.75) is 44.1 Å². The lowest BCUT2D eigenvalue weighted by atomic mass is 9.99. The number of fused-ring (bicyclic) bond motifs is 5. The van der Waals surface area contributed by atoms with Crippen LogP contribution < -0.4 is 5.32 Å².